The number of amides is 2. The van der Waals surface area contributed by atoms with Crippen LogP contribution in [0.3, 0.4) is 0 Å². The van der Waals surface area contributed by atoms with Gasteiger partial charge in [-0.1, -0.05) is 18.2 Å². The zero-order chi connectivity index (χ0) is 20.2. The average Bonchev–Trinajstić information content (AvgIpc) is 3.41. The number of carbonyl (C=O) groups is 2. The molecular weight excluding hydrogens is 388 g/mol. The highest BCUT2D eigenvalue weighted by Gasteiger charge is 2.35. The molecule has 154 valence electrons. The molecule has 2 amide bonds. The molecule has 0 radical (unpaired) electrons. The van der Waals surface area contributed by atoms with E-state index in [2.05, 4.69) is 27.6 Å². The van der Waals surface area contributed by atoms with E-state index in [0.717, 1.165) is 36.4 Å². The van der Waals surface area contributed by atoms with Crippen LogP contribution in [-0.4, -0.2) is 66.0 Å². The van der Waals surface area contributed by atoms with Crippen LogP contribution in [0.15, 0.2) is 35.4 Å². The van der Waals surface area contributed by atoms with Crippen LogP contribution >= 0.6 is 11.8 Å². The number of hydrogen-bond acceptors (Lipinski definition) is 5. The van der Waals surface area contributed by atoms with Crippen LogP contribution in [0.5, 0.6) is 0 Å². The number of fused-ring (bicyclic) bond motifs is 1. The van der Waals surface area contributed by atoms with Crippen LogP contribution in [0.2, 0.25) is 0 Å². The van der Waals surface area contributed by atoms with E-state index in [0.29, 0.717) is 25.3 Å². The minimum atomic E-state index is -0.157. The number of H-pyrrole nitrogens is 1. The summed E-state index contributed by atoms with van der Waals surface area (Å²) in [6.07, 6.45) is 3.42. The summed E-state index contributed by atoms with van der Waals surface area (Å²) in [5.74, 6) is 0.848. The van der Waals surface area contributed by atoms with Crippen molar-refractivity contribution < 1.29 is 14.3 Å². The van der Waals surface area contributed by atoms with Crippen molar-refractivity contribution in [1.29, 1.82) is 0 Å². The molecule has 1 aromatic carbocycles. The Labute approximate surface area is 174 Å². The minimum absolute atomic E-state index is 0.0754. The molecule has 0 aliphatic carbocycles. The third-order valence-electron chi connectivity index (χ3n) is 5.64. The number of rotatable bonds is 6. The quantitative estimate of drug-likeness (QED) is 0.709. The maximum Gasteiger partial charge on any atom is 0.254 e. The van der Waals surface area contributed by atoms with E-state index >= 15 is 0 Å². The maximum absolute atomic E-state index is 13.3. The fourth-order valence-corrected chi connectivity index (χ4v) is 5.37. The Kier molecular flexibility index (Phi) is 6.20. The van der Waals surface area contributed by atoms with Gasteiger partial charge >= 0.3 is 0 Å². The molecule has 4 rings (SSSR count). The largest absolute Gasteiger partial charge is 0.383 e. The van der Waals surface area contributed by atoms with Crippen molar-refractivity contribution in [2.24, 2.45) is 0 Å². The molecule has 0 bridgehead atoms. The van der Waals surface area contributed by atoms with Crippen LogP contribution < -0.4 is 5.32 Å². The van der Waals surface area contributed by atoms with E-state index in [-0.39, 0.29) is 23.7 Å². The second-order valence-corrected chi connectivity index (χ2v) is 8.53. The summed E-state index contributed by atoms with van der Waals surface area (Å²) in [6.45, 7) is 2.30. The van der Waals surface area contributed by atoms with E-state index in [1.807, 2.05) is 17.0 Å². The molecule has 2 aromatic rings. The normalized spacial score (nSPS) is 21.1. The first-order valence-electron chi connectivity index (χ1n) is 10.00. The Balaban J connectivity index is 1.45. The Bertz CT molecular complexity index is 884. The highest BCUT2D eigenvalue weighted by atomic mass is 32.2. The van der Waals surface area contributed by atoms with Crippen molar-refractivity contribution in [3.05, 3.63) is 47.3 Å². The first-order chi connectivity index (χ1) is 14.2. The predicted octanol–water partition coefficient (Wildman–Crippen LogP) is 2.38. The summed E-state index contributed by atoms with van der Waals surface area (Å²) in [4.78, 5) is 28.9. The van der Waals surface area contributed by atoms with Gasteiger partial charge in [0, 0.05) is 43.3 Å². The van der Waals surface area contributed by atoms with E-state index in [4.69, 9.17) is 4.74 Å². The number of piperidine rings is 1. The molecular formula is C21H26N4O3S. The Hall–Kier alpha value is -2.32. The molecule has 2 aliphatic rings. The predicted molar refractivity (Wildman–Crippen MR) is 111 cm³/mol. The monoisotopic (exact) mass is 414 g/mol. The smallest absolute Gasteiger partial charge is 0.254 e. The summed E-state index contributed by atoms with van der Waals surface area (Å²) < 4.78 is 4.99. The average molecular weight is 415 g/mol. The van der Waals surface area contributed by atoms with Gasteiger partial charge in [0.15, 0.2) is 0 Å². The summed E-state index contributed by atoms with van der Waals surface area (Å²) in [5.41, 5.74) is 2.52. The number of nitrogens with one attached hydrogen (secondary N) is 2. The number of methoxy groups -OCH3 is 1. The van der Waals surface area contributed by atoms with Gasteiger partial charge < -0.3 is 15.0 Å². The number of benzene rings is 1. The molecule has 2 atom stereocenters. The number of carbonyl (C=O) groups excluding carboxylic acids is 2. The van der Waals surface area contributed by atoms with Crippen LogP contribution in [0.4, 0.5) is 0 Å². The highest BCUT2D eigenvalue weighted by molar-refractivity contribution is 7.99. The lowest BCUT2D eigenvalue weighted by Gasteiger charge is -2.34. The molecule has 3 heterocycles. The number of nitrogens with zero attached hydrogens (tertiary/aromatic N) is 2. The van der Waals surface area contributed by atoms with Crippen LogP contribution in [0, 0.1) is 0 Å². The summed E-state index contributed by atoms with van der Waals surface area (Å²) >= 11 is 1.76. The van der Waals surface area contributed by atoms with Gasteiger partial charge in [-0.05, 0) is 24.5 Å². The standard InChI is InChI=1S/C21H26N4O3S/c1-28-10-8-22-20(26)16-11-23-24-19(16)14-5-4-9-25(12-14)21(27)17-13-29-18-7-3-2-6-15(17)18/h2-3,6-7,11,14,17H,4-5,8-10,12-13H2,1H3,(H,22,26)(H,23,24)/t14-,17-/m1/s1. The van der Waals surface area contributed by atoms with Crippen molar-refractivity contribution >= 4 is 23.6 Å². The Morgan fingerprint density at radius 2 is 2.24 bits per heavy atom. The van der Waals surface area contributed by atoms with E-state index < -0.39 is 0 Å². The van der Waals surface area contributed by atoms with Gasteiger partial charge in [0.1, 0.15) is 0 Å². The molecule has 1 aromatic heterocycles. The van der Waals surface area contributed by atoms with Crippen molar-refractivity contribution in [3.63, 3.8) is 0 Å². The number of aromatic amines is 1. The van der Waals surface area contributed by atoms with Crippen LogP contribution in [-0.2, 0) is 9.53 Å². The van der Waals surface area contributed by atoms with Gasteiger partial charge in [0.25, 0.3) is 5.91 Å². The highest BCUT2D eigenvalue weighted by Crippen LogP contribution is 2.41. The number of hydrogen-bond donors (Lipinski definition) is 2. The molecule has 0 saturated carbocycles. The third-order valence-corrected chi connectivity index (χ3v) is 6.83. The molecule has 29 heavy (non-hydrogen) atoms. The molecule has 1 fully saturated rings. The van der Waals surface area contributed by atoms with Gasteiger partial charge in [-0.2, -0.15) is 5.10 Å². The SMILES string of the molecule is COCCNC(=O)c1cn[nH]c1[C@@H]1CCCN(C(=O)[C@@H]2CSc3ccccc32)C1. The van der Waals surface area contributed by atoms with E-state index in [1.165, 1.54) is 4.90 Å². The minimum Gasteiger partial charge on any atom is -0.383 e. The second-order valence-electron chi connectivity index (χ2n) is 7.47. The number of thioether (sulfide) groups is 1. The Morgan fingerprint density at radius 1 is 1.38 bits per heavy atom. The van der Waals surface area contributed by atoms with Crippen molar-refractivity contribution in [1.82, 2.24) is 20.4 Å². The summed E-state index contributed by atoms with van der Waals surface area (Å²) in [6, 6.07) is 8.18. The molecule has 7 nitrogen and oxygen atoms in total. The zero-order valence-corrected chi connectivity index (χ0v) is 17.3. The van der Waals surface area contributed by atoms with E-state index in [9.17, 15) is 9.59 Å². The fourth-order valence-electron chi connectivity index (χ4n) is 4.15. The molecule has 1 saturated heterocycles. The topological polar surface area (TPSA) is 87.3 Å². The van der Waals surface area contributed by atoms with E-state index in [1.54, 1.807) is 25.1 Å². The van der Waals surface area contributed by atoms with Crippen LogP contribution in [0.1, 0.15) is 46.3 Å². The zero-order valence-electron chi connectivity index (χ0n) is 16.5. The summed E-state index contributed by atoms with van der Waals surface area (Å²) in [7, 11) is 1.60. The second kappa shape index (κ2) is 9.00. The maximum atomic E-state index is 13.3. The molecule has 8 heteroatoms. The van der Waals surface area contributed by atoms with Gasteiger partial charge in [-0.25, -0.2) is 0 Å². The van der Waals surface area contributed by atoms with Crippen molar-refractivity contribution in [2.75, 3.05) is 39.1 Å². The van der Waals surface area contributed by atoms with Gasteiger partial charge in [0.05, 0.1) is 30.0 Å². The molecule has 2 N–H and O–H groups in total. The number of likely N-dealkylation sites (tertiary alicyclic amines) is 1. The molecule has 0 unspecified atom stereocenters. The first kappa shape index (κ1) is 20.0. The third kappa shape index (κ3) is 4.18. The van der Waals surface area contributed by atoms with Crippen LogP contribution in [0.25, 0.3) is 0 Å². The Morgan fingerprint density at radius 3 is 3.10 bits per heavy atom. The van der Waals surface area contributed by atoms with Crippen molar-refractivity contribution in [3.8, 4) is 0 Å². The van der Waals surface area contributed by atoms with Gasteiger partial charge in [-0.3, -0.25) is 14.7 Å². The number of ether oxygens (including phenoxy) is 1. The number of aromatic nitrogens is 2. The summed E-state index contributed by atoms with van der Waals surface area (Å²) in [5, 5.41) is 9.96. The van der Waals surface area contributed by atoms with Gasteiger partial charge in [0.2, 0.25) is 5.91 Å². The van der Waals surface area contributed by atoms with Crippen molar-refractivity contribution in [2.45, 2.75) is 29.6 Å². The lowest BCUT2D eigenvalue weighted by molar-refractivity contribution is -0.133. The fraction of sp³-hybridized carbons (Fsp3) is 0.476. The molecule has 2 aliphatic heterocycles. The first-order valence-corrected chi connectivity index (χ1v) is 11.0. The molecule has 0 spiro atoms. The lowest BCUT2D eigenvalue weighted by atomic mass is 9.90. The van der Waals surface area contributed by atoms with Gasteiger partial charge in [-0.15, -0.1) is 11.8 Å². The lowest BCUT2D eigenvalue weighted by Crippen LogP contribution is -2.42.